The van der Waals surface area contributed by atoms with Crippen LogP contribution >= 0.6 is 0 Å². The van der Waals surface area contributed by atoms with Gasteiger partial charge in [-0.1, -0.05) is 6.08 Å². The number of tetrazole rings is 1. The summed E-state index contributed by atoms with van der Waals surface area (Å²) in [5.41, 5.74) is 0. The van der Waals surface area contributed by atoms with Gasteiger partial charge in [-0.05, 0) is 12.1 Å². The van der Waals surface area contributed by atoms with Gasteiger partial charge < -0.3 is 0 Å². The van der Waals surface area contributed by atoms with Gasteiger partial charge in [-0.15, -0.1) is 16.8 Å². The van der Waals surface area contributed by atoms with Crippen molar-refractivity contribution in [3.63, 3.8) is 0 Å². The number of aromatic nitrogens is 4. The van der Waals surface area contributed by atoms with Crippen LogP contribution in [0.15, 0.2) is 12.7 Å². The third-order valence-corrected chi connectivity index (χ3v) is 0.845. The van der Waals surface area contributed by atoms with Crippen LogP contribution in [0.5, 0.6) is 0 Å². The van der Waals surface area contributed by atoms with Gasteiger partial charge >= 0.3 is 0 Å². The maximum atomic E-state index is 3.92. The lowest BCUT2D eigenvalue weighted by Gasteiger charge is -1.85. The molecule has 0 saturated carbocycles. The lowest BCUT2D eigenvalue weighted by Crippen LogP contribution is -1.99. The van der Waals surface area contributed by atoms with Crippen molar-refractivity contribution in [2.24, 2.45) is 0 Å². The van der Waals surface area contributed by atoms with Crippen molar-refractivity contribution in [1.82, 2.24) is 20.2 Å². The molecule has 4 heteroatoms. The second kappa shape index (κ2) is 2.39. The Labute approximate surface area is 53.2 Å². The van der Waals surface area contributed by atoms with E-state index in [4.69, 9.17) is 0 Å². The first-order chi connectivity index (χ1) is 4.33. The molecule has 1 aromatic heterocycles. The molecule has 9 heavy (non-hydrogen) atoms. The predicted molar refractivity (Wildman–Crippen MR) is 32.8 cm³/mol. The summed E-state index contributed by atoms with van der Waals surface area (Å²) < 4.78 is 0. The van der Waals surface area contributed by atoms with Crippen LogP contribution in [-0.2, 0) is 6.54 Å². The Morgan fingerprint density at radius 1 is 1.78 bits per heavy atom. The first-order valence-electron chi connectivity index (χ1n) is 2.68. The van der Waals surface area contributed by atoms with Crippen molar-refractivity contribution < 1.29 is 0 Å². The lowest BCUT2D eigenvalue weighted by molar-refractivity contribution is 0.582. The van der Waals surface area contributed by atoms with E-state index < -0.39 is 0 Å². The molecule has 0 N–H and O–H groups in total. The third-order valence-electron chi connectivity index (χ3n) is 0.845. The highest BCUT2D eigenvalue weighted by Gasteiger charge is 1.90. The topological polar surface area (TPSA) is 43.6 Å². The molecule has 1 heterocycles. The average Bonchev–Trinajstić information content (AvgIpc) is 2.17. The molecule has 0 aliphatic carbocycles. The summed E-state index contributed by atoms with van der Waals surface area (Å²) in [4.78, 5) is 1.49. The fourth-order valence-electron chi connectivity index (χ4n) is 0.516. The maximum absolute atomic E-state index is 3.92. The van der Waals surface area contributed by atoms with Gasteiger partial charge in [-0.2, -0.15) is 4.80 Å². The molecular formula is C5H8N4. The Balaban J connectivity index is 2.72. The summed E-state index contributed by atoms with van der Waals surface area (Å²) in [6, 6.07) is 0. The van der Waals surface area contributed by atoms with Crippen LogP contribution in [0.25, 0.3) is 0 Å². The molecule has 0 aromatic carbocycles. The maximum Gasteiger partial charge on any atom is 0.171 e. The van der Waals surface area contributed by atoms with Crippen molar-refractivity contribution in [3.8, 4) is 0 Å². The molecule has 0 unspecified atom stereocenters. The molecule has 48 valence electrons. The van der Waals surface area contributed by atoms with Gasteiger partial charge in [0.2, 0.25) is 0 Å². The lowest BCUT2D eigenvalue weighted by atomic mass is 10.7. The molecular weight excluding hydrogens is 116 g/mol. The number of nitrogens with zero attached hydrogens (tertiary/aromatic N) is 4. The average molecular weight is 124 g/mol. The fraction of sp³-hybridized carbons (Fsp3) is 0.400. The van der Waals surface area contributed by atoms with E-state index in [9.17, 15) is 0 Å². The molecule has 1 rings (SSSR count). The highest BCUT2D eigenvalue weighted by molar-refractivity contribution is 4.70. The molecule has 0 bridgehead atoms. The zero-order valence-electron chi connectivity index (χ0n) is 5.28. The molecule has 0 fully saturated rings. The van der Waals surface area contributed by atoms with Crippen molar-refractivity contribution in [3.05, 3.63) is 18.5 Å². The van der Waals surface area contributed by atoms with Crippen molar-refractivity contribution in [1.29, 1.82) is 0 Å². The molecule has 0 aliphatic heterocycles. The minimum atomic E-state index is 0.626. The quantitative estimate of drug-likeness (QED) is 0.528. The Bertz CT molecular complexity index is 202. The van der Waals surface area contributed by atoms with Crippen LogP contribution in [0.1, 0.15) is 5.82 Å². The first kappa shape index (κ1) is 5.94. The van der Waals surface area contributed by atoms with Gasteiger partial charge in [0.1, 0.15) is 0 Å². The summed E-state index contributed by atoms with van der Waals surface area (Å²) in [6.45, 7) is 5.96. The summed E-state index contributed by atoms with van der Waals surface area (Å²) >= 11 is 0. The second-order valence-corrected chi connectivity index (χ2v) is 1.68. The second-order valence-electron chi connectivity index (χ2n) is 1.68. The fourth-order valence-corrected chi connectivity index (χ4v) is 0.516. The summed E-state index contributed by atoms with van der Waals surface area (Å²) in [7, 11) is 0. The zero-order valence-corrected chi connectivity index (χ0v) is 5.28. The van der Waals surface area contributed by atoms with E-state index in [-0.39, 0.29) is 0 Å². The highest BCUT2D eigenvalue weighted by atomic mass is 15.6. The van der Waals surface area contributed by atoms with Gasteiger partial charge in [0.15, 0.2) is 5.82 Å². The van der Waals surface area contributed by atoms with E-state index in [0.717, 1.165) is 0 Å². The van der Waals surface area contributed by atoms with Crippen molar-refractivity contribution in [2.45, 2.75) is 13.5 Å². The zero-order chi connectivity index (χ0) is 6.69. The largest absolute Gasteiger partial charge is 0.171 e. The van der Waals surface area contributed by atoms with Crippen LogP contribution in [0.4, 0.5) is 0 Å². The molecule has 0 radical (unpaired) electrons. The van der Waals surface area contributed by atoms with E-state index in [1.807, 2.05) is 0 Å². The summed E-state index contributed by atoms with van der Waals surface area (Å²) in [5.74, 6) is 0.692. The standard InChI is InChI=1S/C5H8N4/c1-3-4-9-7-5(2)6-8-9/h3H,1,4H2,2H3. The Morgan fingerprint density at radius 2 is 2.56 bits per heavy atom. The Kier molecular flexibility index (Phi) is 1.58. The Morgan fingerprint density at radius 3 is 3.00 bits per heavy atom. The minimum absolute atomic E-state index is 0.626. The van der Waals surface area contributed by atoms with Crippen molar-refractivity contribution in [2.75, 3.05) is 0 Å². The van der Waals surface area contributed by atoms with Crippen LogP contribution in [0.3, 0.4) is 0 Å². The normalized spacial score (nSPS) is 9.44. The number of hydrogen-bond acceptors (Lipinski definition) is 3. The van der Waals surface area contributed by atoms with Gasteiger partial charge in [-0.3, -0.25) is 0 Å². The van der Waals surface area contributed by atoms with E-state index in [1.165, 1.54) is 4.80 Å². The van der Waals surface area contributed by atoms with Gasteiger partial charge in [0.05, 0.1) is 6.54 Å². The molecule has 4 nitrogen and oxygen atoms in total. The van der Waals surface area contributed by atoms with Gasteiger partial charge in [-0.25, -0.2) is 0 Å². The predicted octanol–water partition coefficient (Wildman–Crippen LogP) is 0.168. The molecule has 0 saturated heterocycles. The van der Waals surface area contributed by atoms with E-state index in [1.54, 1.807) is 13.0 Å². The van der Waals surface area contributed by atoms with Crippen LogP contribution in [0.2, 0.25) is 0 Å². The third kappa shape index (κ3) is 1.35. The number of rotatable bonds is 2. The summed E-state index contributed by atoms with van der Waals surface area (Å²) in [6.07, 6.45) is 1.72. The first-order valence-corrected chi connectivity index (χ1v) is 2.68. The van der Waals surface area contributed by atoms with Gasteiger partial charge in [0.25, 0.3) is 0 Å². The van der Waals surface area contributed by atoms with E-state index >= 15 is 0 Å². The number of aryl methyl sites for hydroxylation is 1. The Hall–Kier alpha value is -1.19. The SMILES string of the molecule is C=CCn1nnc(C)n1. The number of allylic oxidation sites excluding steroid dienone is 1. The van der Waals surface area contributed by atoms with E-state index in [2.05, 4.69) is 22.0 Å². The van der Waals surface area contributed by atoms with Crippen LogP contribution < -0.4 is 0 Å². The monoisotopic (exact) mass is 124 g/mol. The molecule has 1 aromatic rings. The molecule has 0 spiro atoms. The molecule has 0 amide bonds. The van der Waals surface area contributed by atoms with Crippen molar-refractivity contribution >= 4 is 0 Å². The highest BCUT2D eigenvalue weighted by Crippen LogP contribution is 1.80. The van der Waals surface area contributed by atoms with E-state index in [0.29, 0.717) is 12.4 Å². The van der Waals surface area contributed by atoms with Crippen LogP contribution in [0, 0.1) is 6.92 Å². The molecule has 0 atom stereocenters. The number of hydrogen-bond donors (Lipinski definition) is 0. The molecule has 0 aliphatic rings. The smallest absolute Gasteiger partial charge is 0.160 e. The van der Waals surface area contributed by atoms with Gasteiger partial charge in [0, 0.05) is 0 Å². The minimum Gasteiger partial charge on any atom is -0.160 e. The van der Waals surface area contributed by atoms with Crippen LogP contribution in [-0.4, -0.2) is 20.2 Å². The summed E-state index contributed by atoms with van der Waals surface area (Å²) in [5, 5.41) is 11.3.